The molecule has 0 saturated heterocycles. The van der Waals surface area contributed by atoms with Crippen LogP contribution in [0.4, 0.5) is 5.69 Å². The van der Waals surface area contributed by atoms with Crippen LogP contribution in [-0.2, 0) is 11.3 Å². The molecule has 0 aliphatic carbocycles. The van der Waals surface area contributed by atoms with Crippen molar-refractivity contribution in [2.24, 2.45) is 0 Å². The van der Waals surface area contributed by atoms with Gasteiger partial charge in [0.1, 0.15) is 5.52 Å². The van der Waals surface area contributed by atoms with E-state index in [1.165, 1.54) is 18.7 Å². The molecule has 0 aliphatic rings. The van der Waals surface area contributed by atoms with E-state index in [4.69, 9.17) is 4.98 Å². The van der Waals surface area contributed by atoms with Crippen LogP contribution in [0.3, 0.4) is 0 Å². The van der Waals surface area contributed by atoms with Gasteiger partial charge in [-0.25, -0.2) is 4.98 Å². The molecule has 7 nitrogen and oxygen atoms in total. The minimum atomic E-state index is -0.390. The summed E-state index contributed by atoms with van der Waals surface area (Å²) in [5.41, 5.74) is 3.81. The van der Waals surface area contributed by atoms with E-state index in [9.17, 15) is 9.59 Å². The molecular formula is C24H25N5O2S. The number of thioether (sulfide) groups is 1. The quantitative estimate of drug-likeness (QED) is 0.298. The number of fused-ring (bicyclic) bond motifs is 3. The summed E-state index contributed by atoms with van der Waals surface area (Å²) in [4.78, 5) is 29.3. The van der Waals surface area contributed by atoms with Crippen molar-refractivity contribution in [2.45, 2.75) is 50.6 Å². The number of para-hydroxylation sites is 1. The first-order chi connectivity index (χ1) is 15.5. The molecule has 0 spiro atoms. The van der Waals surface area contributed by atoms with E-state index in [1.807, 2.05) is 25.1 Å². The molecule has 2 aromatic carbocycles. The maximum atomic E-state index is 12.9. The maximum absolute atomic E-state index is 12.9. The summed E-state index contributed by atoms with van der Waals surface area (Å²) in [5.74, 6) is -0.200. The van der Waals surface area contributed by atoms with E-state index < -0.39 is 0 Å². The van der Waals surface area contributed by atoms with Crippen molar-refractivity contribution in [3.63, 3.8) is 0 Å². The zero-order chi connectivity index (χ0) is 22.7. The van der Waals surface area contributed by atoms with Crippen LogP contribution in [0.25, 0.3) is 22.1 Å². The minimum Gasteiger partial charge on any atom is -0.325 e. The number of rotatable bonds is 8. The van der Waals surface area contributed by atoms with Gasteiger partial charge in [0, 0.05) is 23.2 Å². The fourth-order valence-electron chi connectivity index (χ4n) is 3.68. The summed E-state index contributed by atoms with van der Waals surface area (Å²) in [6.45, 7) is 6.41. The van der Waals surface area contributed by atoms with E-state index in [0.717, 1.165) is 35.0 Å². The van der Waals surface area contributed by atoms with Crippen molar-refractivity contribution in [3.05, 3.63) is 54.1 Å². The molecule has 4 rings (SSSR count). The number of hydrogen-bond donors (Lipinski definition) is 1. The predicted octanol–water partition coefficient (Wildman–Crippen LogP) is 5.10. The summed E-state index contributed by atoms with van der Waals surface area (Å²) < 4.78 is 2.16. The van der Waals surface area contributed by atoms with Crippen molar-refractivity contribution in [2.75, 3.05) is 5.32 Å². The number of aryl methyl sites for hydroxylation is 1. The van der Waals surface area contributed by atoms with E-state index in [1.54, 1.807) is 24.3 Å². The highest BCUT2D eigenvalue weighted by molar-refractivity contribution is 8.00. The van der Waals surface area contributed by atoms with Gasteiger partial charge in [0.05, 0.1) is 10.8 Å². The number of aromatic nitrogens is 4. The molecule has 0 radical (unpaired) electrons. The molecule has 4 aromatic rings. The lowest BCUT2D eigenvalue weighted by Gasteiger charge is -2.14. The lowest BCUT2D eigenvalue weighted by Crippen LogP contribution is -2.25. The number of nitrogens with zero attached hydrogens (tertiary/aromatic N) is 4. The molecule has 8 heteroatoms. The zero-order valence-corrected chi connectivity index (χ0v) is 19.1. The van der Waals surface area contributed by atoms with Crippen LogP contribution in [0.2, 0.25) is 0 Å². The standard InChI is InChI=1S/C24H25N5O2S/c1-4-13-29-19-12-7-6-11-18(19)21-22(29)26-24(28-27-21)32-20(5-2)23(31)25-17-10-8-9-16(14-17)15(3)30/h6-12,14,20H,4-5,13H2,1-3H3,(H,25,31)/t20-/m0/s1. The highest BCUT2D eigenvalue weighted by Crippen LogP contribution is 2.29. The third-order valence-electron chi connectivity index (χ3n) is 5.25. The van der Waals surface area contributed by atoms with Gasteiger partial charge in [-0.3, -0.25) is 9.59 Å². The highest BCUT2D eigenvalue weighted by atomic mass is 32.2. The Bertz CT molecular complexity index is 1300. The van der Waals surface area contributed by atoms with Gasteiger partial charge in [-0.15, -0.1) is 10.2 Å². The van der Waals surface area contributed by atoms with Gasteiger partial charge in [0.2, 0.25) is 11.1 Å². The number of ketones is 1. The molecule has 0 saturated carbocycles. The van der Waals surface area contributed by atoms with Crippen molar-refractivity contribution >= 4 is 51.2 Å². The Morgan fingerprint density at radius 2 is 1.91 bits per heavy atom. The zero-order valence-electron chi connectivity index (χ0n) is 18.3. The molecule has 0 fully saturated rings. The van der Waals surface area contributed by atoms with Gasteiger partial charge >= 0.3 is 0 Å². The molecule has 1 N–H and O–H groups in total. The number of carbonyl (C=O) groups is 2. The summed E-state index contributed by atoms with van der Waals surface area (Å²) in [6, 6.07) is 15.0. The molecule has 2 heterocycles. The van der Waals surface area contributed by atoms with Crippen LogP contribution < -0.4 is 5.32 Å². The van der Waals surface area contributed by atoms with Crippen LogP contribution in [-0.4, -0.2) is 36.7 Å². The summed E-state index contributed by atoms with van der Waals surface area (Å²) in [7, 11) is 0. The minimum absolute atomic E-state index is 0.0437. The Morgan fingerprint density at radius 3 is 2.66 bits per heavy atom. The average Bonchev–Trinajstić information content (AvgIpc) is 3.11. The fraction of sp³-hybridized carbons (Fsp3) is 0.292. The van der Waals surface area contributed by atoms with Crippen molar-refractivity contribution in [3.8, 4) is 0 Å². The van der Waals surface area contributed by atoms with Gasteiger partial charge in [-0.05, 0) is 38.0 Å². The topological polar surface area (TPSA) is 89.8 Å². The Hall–Kier alpha value is -3.26. The Balaban J connectivity index is 1.60. The number of benzene rings is 2. The van der Waals surface area contributed by atoms with Crippen LogP contribution in [0.15, 0.2) is 53.7 Å². The Morgan fingerprint density at radius 1 is 1.09 bits per heavy atom. The van der Waals surface area contributed by atoms with Crippen LogP contribution >= 0.6 is 11.8 Å². The van der Waals surface area contributed by atoms with Gasteiger partial charge in [0.15, 0.2) is 11.4 Å². The number of amides is 1. The normalized spacial score (nSPS) is 12.2. The van der Waals surface area contributed by atoms with Gasteiger partial charge in [0.25, 0.3) is 0 Å². The first-order valence-electron chi connectivity index (χ1n) is 10.7. The number of carbonyl (C=O) groups excluding carboxylic acids is 2. The smallest absolute Gasteiger partial charge is 0.237 e. The Labute approximate surface area is 190 Å². The summed E-state index contributed by atoms with van der Waals surface area (Å²) in [5, 5.41) is 12.8. The molecule has 164 valence electrons. The third-order valence-corrected chi connectivity index (χ3v) is 6.46. The maximum Gasteiger partial charge on any atom is 0.237 e. The van der Waals surface area contributed by atoms with E-state index >= 15 is 0 Å². The molecule has 1 atom stereocenters. The van der Waals surface area contributed by atoms with Crippen LogP contribution in [0, 0.1) is 0 Å². The predicted molar refractivity (Wildman–Crippen MR) is 128 cm³/mol. The lowest BCUT2D eigenvalue weighted by molar-refractivity contribution is -0.115. The molecule has 1 amide bonds. The summed E-state index contributed by atoms with van der Waals surface area (Å²) in [6.07, 6.45) is 1.57. The van der Waals surface area contributed by atoms with E-state index in [2.05, 4.69) is 33.1 Å². The Kier molecular flexibility index (Phi) is 6.50. The summed E-state index contributed by atoms with van der Waals surface area (Å²) >= 11 is 1.30. The number of nitrogens with one attached hydrogen (secondary N) is 1. The monoisotopic (exact) mass is 447 g/mol. The molecular weight excluding hydrogens is 422 g/mol. The molecule has 2 aromatic heterocycles. The second-order valence-electron chi connectivity index (χ2n) is 7.58. The second kappa shape index (κ2) is 9.48. The van der Waals surface area contributed by atoms with Gasteiger partial charge in [-0.1, -0.05) is 55.9 Å². The van der Waals surface area contributed by atoms with Gasteiger partial charge in [-0.2, -0.15) is 0 Å². The number of anilines is 1. The first kappa shape index (κ1) is 22.0. The SMILES string of the molecule is CCCn1c2ccccc2c2nnc(S[C@@H](CC)C(=O)Nc3cccc(C(C)=O)c3)nc21. The third kappa shape index (κ3) is 4.36. The van der Waals surface area contributed by atoms with Gasteiger partial charge < -0.3 is 9.88 Å². The van der Waals surface area contributed by atoms with Crippen molar-refractivity contribution in [1.29, 1.82) is 0 Å². The fourth-order valence-corrected chi connectivity index (χ4v) is 4.49. The molecule has 32 heavy (non-hydrogen) atoms. The van der Waals surface area contributed by atoms with Crippen molar-refractivity contribution < 1.29 is 9.59 Å². The number of hydrogen-bond acceptors (Lipinski definition) is 6. The van der Waals surface area contributed by atoms with Crippen molar-refractivity contribution in [1.82, 2.24) is 19.7 Å². The van der Waals surface area contributed by atoms with Crippen LogP contribution in [0.1, 0.15) is 44.0 Å². The largest absolute Gasteiger partial charge is 0.325 e. The molecule has 0 unspecified atom stereocenters. The van der Waals surface area contributed by atoms with E-state index in [0.29, 0.717) is 22.8 Å². The second-order valence-corrected chi connectivity index (χ2v) is 8.75. The first-order valence-corrected chi connectivity index (χ1v) is 11.6. The lowest BCUT2D eigenvalue weighted by atomic mass is 10.1. The van der Waals surface area contributed by atoms with Crippen LogP contribution in [0.5, 0.6) is 0 Å². The average molecular weight is 448 g/mol. The molecule has 0 bridgehead atoms. The van der Waals surface area contributed by atoms with E-state index in [-0.39, 0.29) is 16.9 Å². The number of Topliss-reactive ketones (excluding diaryl/α,β-unsaturated/α-hetero) is 1. The molecule has 0 aliphatic heterocycles. The highest BCUT2D eigenvalue weighted by Gasteiger charge is 2.22.